The van der Waals surface area contributed by atoms with E-state index >= 15 is 0 Å². The first-order valence-corrected chi connectivity index (χ1v) is 10.3. The highest BCUT2D eigenvalue weighted by Gasteiger charge is 2.52. The molecule has 3 aliphatic heterocycles. The van der Waals surface area contributed by atoms with Gasteiger partial charge in [-0.2, -0.15) is 0 Å². The second kappa shape index (κ2) is 11.1. The molecule has 0 amide bonds. The van der Waals surface area contributed by atoms with Crippen molar-refractivity contribution in [2.24, 2.45) is 0 Å². The molecule has 3 saturated heterocycles. The molecule has 0 aromatic rings. The SMILES string of the molecule is CC(=O)O[C@H]1C(O)OC[C@H](O)[C@@H]1O[C@@H]1O[C@H](CO)[C@@H](O)[C@H](O)[C@H]1O[C@@H]1OC[C@@H](O)[C@H](O)[C@H]1O. The molecule has 0 bridgehead atoms. The van der Waals surface area contributed by atoms with E-state index in [2.05, 4.69) is 0 Å². The molecule has 0 saturated carbocycles. The van der Waals surface area contributed by atoms with Gasteiger partial charge in [-0.25, -0.2) is 0 Å². The second-order valence-electron chi connectivity index (χ2n) is 8.02. The Bertz CT molecular complexity index is 650. The lowest BCUT2D eigenvalue weighted by atomic mass is 9.98. The Balaban J connectivity index is 1.82. The van der Waals surface area contributed by atoms with E-state index in [1.165, 1.54) is 0 Å². The maximum absolute atomic E-state index is 11.4. The van der Waals surface area contributed by atoms with Crippen LogP contribution in [0, 0.1) is 0 Å². The predicted octanol–water partition coefficient (Wildman–Crippen LogP) is -5.72. The van der Waals surface area contributed by atoms with Crippen LogP contribution in [0.4, 0.5) is 0 Å². The van der Waals surface area contributed by atoms with Crippen LogP contribution in [-0.4, -0.2) is 147 Å². The number of rotatable bonds is 6. The molecule has 1 unspecified atom stereocenters. The minimum absolute atomic E-state index is 0.412. The Morgan fingerprint density at radius 1 is 0.788 bits per heavy atom. The molecule has 33 heavy (non-hydrogen) atoms. The molecule has 3 aliphatic rings. The first-order valence-electron chi connectivity index (χ1n) is 10.3. The van der Waals surface area contributed by atoms with Crippen LogP contribution in [-0.2, 0) is 33.2 Å². The van der Waals surface area contributed by atoms with Crippen LogP contribution in [0.5, 0.6) is 0 Å². The van der Waals surface area contributed by atoms with Gasteiger partial charge in [-0.3, -0.25) is 4.79 Å². The van der Waals surface area contributed by atoms with Crippen molar-refractivity contribution < 1.29 is 74.1 Å². The molecule has 3 fully saturated rings. The lowest BCUT2D eigenvalue weighted by Gasteiger charge is -2.47. The second-order valence-corrected chi connectivity index (χ2v) is 8.02. The number of hydrogen-bond acceptors (Lipinski definition) is 15. The fourth-order valence-electron chi connectivity index (χ4n) is 3.77. The highest BCUT2D eigenvalue weighted by Crippen LogP contribution is 2.31. The zero-order valence-electron chi connectivity index (χ0n) is 17.6. The molecule has 192 valence electrons. The summed E-state index contributed by atoms with van der Waals surface area (Å²) in [7, 11) is 0. The topological polar surface area (TPSA) is 234 Å². The molecule has 13 atom stereocenters. The maximum Gasteiger partial charge on any atom is 0.303 e. The van der Waals surface area contributed by atoms with Crippen molar-refractivity contribution in [3.8, 4) is 0 Å². The number of aliphatic hydroxyl groups is 8. The van der Waals surface area contributed by atoms with E-state index in [0.717, 1.165) is 6.92 Å². The smallest absolute Gasteiger partial charge is 0.303 e. The first kappa shape index (κ1) is 26.6. The van der Waals surface area contributed by atoms with Crippen molar-refractivity contribution in [1.29, 1.82) is 0 Å². The summed E-state index contributed by atoms with van der Waals surface area (Å²) >= 11 is 0. The number of ether oxygens (including phenoxy) is 6. The van der Waals surface area contributed by atoms with Gasteiger partial charge in [-0.15, -0.1) is 0 Å². The summed E-state index contributed by atoms with van der Waals surface area (Å²) in [5.41, 5.74) is 0. The van der Waals surface area contributed by atoms with Gasteiger partial charge in [0.2, 0.25) is 0 Å². The molecular weight excluding hydrogens is 456 g/mol. The molecule has 15 nitrogen and oxygen atoms in total. The first-order chi connectivity index (χ1) is 15.5. The van der Waals surface area contributed by atoms with Crippen molar-refractivity contribution in [1.82, 2.24) is 0 Å². The Labute approximate surface area is 187 Å². The van der Waals surface area contributed by atoms with Crippen LogP contribution in [0.25, 0.3) is 0 Å². The highest BCUT2D eigenvalue weighted by atomic mass is 16.8. The van der Waals surface area contributed by atoms with Crippen LogP contribution in [0.15, 0.2) is 0 Å². The summed E-state index contributed by atoms with van der Waals surface area (Å²) in [4.78, 5) is 11.4. The van der Waals surface area contributed by atoms with E-state index in [0.29, 0.717) is 0 Å². The summed E-state index contributed by atoms with van der Waals surface area (Å²) in [6, 6.07) is 0. The third-order valence-corrected chi connectivity index (χ3v) is 5.59. The average molecular weight is 486 g/mol. The summed E-state index contributed by atoms with van der Waals surface area (Å²) < 4.78 is 31.7. The third-order valence-electron chi connectivity index (χ3n) is 5.59. The molecule has 0 aliphatic carbocycles. The molecule has 0 radical (unpaired) electrons. The normalized spacial score (nSPS) is 48.9. The lowest BCUT2D eigenvalue weighted by Crippen LogP contribution is -2.65. The standard InChI is InChI=1S/C18H30O15/c1-5(20)30-15-13(7(22)4-28-16(15)27)32-18-14(11(25)10(24)8(2-19)31-18)33-17-12(26)9(23)6(21)3-29-17/h6-19,21-27H,2-4H2,1H3/t6-,7+,8-,9+,10-,11+,12-,13+,14-,15-,16?,17+,18+/m1/s1. The molecule has 3 heterocycles. The van der Waals surface area contributed by atoms with Gasteiger partial charge in [0.1, 0.15) is 54.9 Å². The Hall–Kier alpha value is -1.05. The molecule has 3 rings (SSSR count). The Kier molecular flexibility index (Phi) is 8.95. The quantitative estimate of drug-likeness (QED) is 0.163. The molecular formula is C18H30O15. The average Bonchev–Trinajstić information content (AvgIpc) is 2.77. The van der Waals surface area contributed by atoms with E-state index in [-0.39, 0.29) is 0 Å². The fraction of sp³-hybridized carbons (Fsp3) is 0.944. The fourth-order valence-corrected chi connectivity index (χ4v) is 3.77. The van der Waals surface area contributed by atoms with Crippen molar-refractivity contribution >= 4 is 5.97 Å². The predicted molar refractivity (Wildman–Crippen MR) is 98.8 cm³/mol. The summed E-state index contributed by atoms with van der Waals surface area (Å²) in [5, 5.41) is 80.3. The van der Waals surface area contributed by atoms with Crippen LogP contribution >= 0.6 is 0 Å². The minimum Gasteiger partial charge on any atom is -0.454 e. The van der Waals surface area contributed by atoms with Gasteiger partial charge in [-0.1, -0.05) is 0 Å². The van der Waals surface area contributed by atoms with Crippen molar-refractivity contribution in [3.63, 3.8) is 0 Å². The summed E-state index contributed by atoms with van der Waals surface area (Å²) in [6.45, 7) is -0.522. The Morgan fingerprint density at radius 2 is 1.42 bits per heavy atom. The van der Waals surface area contributed by atoms with E-state index in [1.54, 1.807) is 0 Å². The minimum atomic E-state index is -1.78. The van der Waals surface area contributed by atoms with Gasteiger partial charge in [0, 0.05) is 6.92 Å². The zero-order chi connectivity index (χ0) is 24.4. The molecule has 0 spiro atoms. The van der Waals surface area contributed by atoms with Gasteiger partial charge in [-0.05, 0) is 0 Å². The van der Waals surface area contributed by atoms with E-state index in [9.17, 15) is 45.6 Å². The largest absolute Gasteiger partial charge is 0.454 e. The van der Waals surface area contributed by atoms with Crippen LogP contribution in [0.1, 0.15) is 6.92 Å². The number of carbonyl (C=O) groups excluding carboxylic acids is 1. The van der Waals surface area contributed by atoms with Gasteiger partial charge in [0.15, 0.2) is 25.0 Å². The number of hydrogen-bond donors (Lipinski definition) is 8. The third kappa shape index (κ3) is 5.79. The zero-order valence-corrected chi connectivity index (χ0v) is 17.6. The van der Waals surface area contributed by atoms with Crippen molar-refractivity contribution in [2.45, 2.75) is 86.8 Å². The monoisotopic (exact) mass is 486 g/mol. The highest BCUT2D eigenvalue weighted by molar-refractivity contribution is 5.66. The van der Waals surface area contributed by atoms with Gasteiger partial charge >= 0.3 is 5.97 Å². The van der Waals surface area contributed by atoms with E-state index in [4.69, 9.17) is 28.4 Å². The van der Waals surface area contributed by atoms with Crippen LogP contribution in [0.3, 0.4) is 0 Å². The Morgan fingerprint density at radius 3 is 2.06 bits per heavy atom. The van der Waals surface area contributed by atoms with Gasteiger partial charge in [0.05, 0.1) is 19.8 Å². The van der Waals surface area contributed by atoms with Crippen molar-refractivity contribution in [3.05, 3.63) is 0 Å². The molecule has 8 N–H and O–H groups in total. The number of esters is 1. The summed E-state index contributed by atoms with van der Waals surface area (Å²) in [5.74, 6) is -0.822. The van der Waals surface area contributed by atoms with Gasteiger partial charge < -0.3 is 69.3 Å². The molecule has 15 heteroatoms. The van der Waals surface area contributed by atoms with E-state index < -0.39 is 106 Å². The van der Waals surface area contributed by atoms with Crippen LogP contribution < -0.4 is 0 Å². The lowest BCUT2D eigenvalue weighted by molar-refractivity contribution is -0.377. The number of aliphatic hydroxyl groups excluding tert-OH is 8. The maximum atomic E-state index is 11.4. The number of carbonyl (C=O) groups is 1. The van der Waals surface area contributed by atoms with Crippen molar-refractivity contribution in [2.75, 3.05) is 19.8 Å². The summed E-state index contributed by atoms with van der Waals surface area (Å²) in [6.07, 6.45) is -20.6. The van der Waals surface area contributed by atoms with E-state index in [1.807, 2.05) is 0 Å². The van der Waals surface area contributed by atoms with Gasteiger partial charge in [0.25, 0.3) is 0 Å². The molecule has 0 aromatic carbocycles. The van der Waals surface area contributed by atoms with Crippen LogP contribution in [0.2, 0.25) is 0 Å². The molecule has 0 aromatic heterocycles.